The number of carbonyl (C=O) groups is 2. The van der Waals surface area contributed by atoms with Crippen molar-refractivity contribution < 1.29 is 18.7 Å². The second kappa shape index (κ2) is 10.3. The molecule has 33 heavy (non-hydrogen) atoms. The average molecular weight is 447 g/mol. The monoisotopic (exact) mass is 446 g/mol. The first-order chi connectivity index (χ1) is 16.0. The Hall–Kier alpha value is -3.67. The van der Waals surface area contributed by atoms with E-state index in [1.54, 1.807) is 30.2 Å². The van der Waals surface area contributed by atoms with Gasteiger partial charge in [0.1, 0.15) is 11.6 Å². The van der Waals surface area contributed by atoms with Crippen LogP contribution in [0, 0.1) is 11.7 Å². The van der Waals surface area contributed by atoms with E-state index in [2.05, 4.69) is 5.32 Å². The van der Waals surface area contributed by atoms with Crippen molar-refractivity contribution in [3.05, 3.63) is 89.7 Å². The van der Waals surface area contributed by atoms with Gasteiger partial charge in [0.2, 0.25) is 11.8 Å². The highest BCUT2D eigenvalue weighted by atomic mass is 19.1. The van der Waals surface area contributed by atoms with Gasteiger partial charge in [0.15, 0.2) is 0 Å². The Morgan fingerprint density at radius 2 is 1.85 bits per heavy atom. The Morgan fingerprint density at radius 3 is 2.61 bits per heavy atom. The van der Waals surface area contributed by atoms with Crippen LogP contribution in [-0.2, 0) is 22.4 Å². The number of carbonyl (C=O) groups excluding carboxylic acids is 2. The molecular weight excluding hydrogens is 419 g/mol. The second-order valence-corrected chi connectivity index (χ2v) is 8.24. The lowest BCUT2D eigenvalue weighted by Gasteiger charge is -2.23. The number of amides is 2. The van der Waals surface area contributed by atoms with Crippen LogP contribution in [0.4, 0.5) is 4.39 Å². The van der Waals surface area contributed by atoms with E-state index in [0.717, 1.165) is 16.7 Å². The third kappa shape index (κ3) is 5.58. The van der Waals surface area contributed by atoms with E-state index in [-0.39, 0.29) is 30.0 Å². The summed E-state index contributed by atoms with van der Waals surface area (Å²) in [4.78, 5) is 27.4. The highest BCUT2D eigenvalue weighted by Crippen LogP contribution is 2.24. The van der Waals surface area contributed by atoms with Crippen molar-refractivity contribution >= 4 is 11.8 Å². The Labute approximate surface area is 193 Å². The number of rotatable bonds is 6. The molecule has 1 heterocycles. The molecule has 1 atom stereocenters. The summed E-state index contributed by atoms with van der Waals surface area (Å²) >= 11 is 0. The van der Waals surface area contributed by atoms with E-state index >= 15 is 0 Å². The summed E-state index contributed by atoms with van der Waals surface area (Å²) in [6, 6.07) is 21.7. The van der Waals surface area contributed by atoms with Gasteiger partial charge < -0.3 is 15.0 Å². The fourth-order valence-corrected chi connectivity index (χ4v) is 4.15. The van der Waals surface area contributed by atoms with E-state index in [0.29, 0.717) is 37.4 Å². The molecule has 4 rings (SSSR count). The normalized spacial score (nSPS) is 16.1. The topological polar surface area (TPSA) is 58.6 Å². The second-order valence-electron chi connectivity index (χ2n) is 8.24. The summed E-state index contributed by atoms with van der Waals surface area (Å²) in [5.74, 6) is 0.0360. The van der Waals surface area contributed by atoms with E-state index in [1.165, 1.54) is 6.07 Å². The van der Waals surface area contributed by atoms with Crippen molar-refractivity contribution in [1.82, 2.24) is 10.2 Å². The van der Waals surface area contributed by atoms with Crippen LogP contribution in [0.5, 0.6) is 5.75 Å². The van der Waals surface area contributed by atoms with E-state index in [1.807, 2.05) is 48.5 Å². The molecule has 0 radical (unpaired) electrons. The van der Waals surface area contributed by atoms with Crippen LogP contribution >= 0.6 is 0 Å². The maximum Gasteiger partial charge on any atom is 0.227 e. The number of hydrogen-bond donors (Lipinski definition) is 1. The highest BCUT2D eigenvalue weighted by Gasteiger charge is 2.27. The SMILES string of the molecule is COc1cccc(CC(=O)N2CCNC(=O)C(Cc3ccc(-c4ccccc4F)cc3)C2)c1. The molecule has 6 heteroatoms. The van der Waals surface area contributed by atoms with Crippen LogP contribution in [0.3, 0.4) is 0 Å². The van der Waals surface area contributed by atoms with Crippen molar-refractivity contribution in [2.24, 2.45) is 5.92 Å². The van der Waals surface area contributed by atoms with Gasteiger partial charge in [-0.3, -0.25) is 9.59 Å². The van der Waals surface area contributed by atoms with Gasteiger partial charge in [-0.25, -0.2) is 4.39 Å². The third-order valence-electron chi connectivity index (χ3n) is 5.96. The molecule has 5 nitrogen and oxygen atoms in total. The number of benzene rings is 3. The molecular formula is C27H27FN2O3. The maximum atomic E-state index is 14.1. The lowest BCUT2D eigenvalue weighted by molar-refractivity contribution is -0.131. The number of nitrogens with zero attached hydrogens (tertiary/aromatic N) is 1. The van der Waals surface area contributed by atoms with Crippen LogP contribution in [0.25, 0.3) is 11.1 Å². The smallest absolute Gasteiger partial charge is 0.227 e. The van der Waals surface area contributed by atoms with Gasteiger partial charge in [-0.15, -0.1) is 0 Å². The fraction of sp³-hybridized carbons (Fsp3) is 0.259. The molecule has 1 unspecified atom stereocenters. The predicted octanol–water partition coefficient (Wildman–Crippen LogP) is 3.86. The summed E-state index contributed by atoms with van der Waals surface area (Å²) in [6.45, 7) is 1.28. The molecule has 0 spiro atoms. The van der Waals surface area contributed by atoms with Gasteiger partial charge in [0.05, 0.1) is 19.4 Å². The van der Waals surface area contributed by atoms with Gasteiger partial charge in [-0.05, 0) is 41.3 Å². The summed E-state index contributed by atoms with van der Waals surface area (Å²) in [5.41, 5.74) is 3.18. The Bertz CT molecular complexity index is 1130. The average Bonchev–Trinajstić information content (AvgIpc) is 3.01. The van der Waals surface area contributed by atoms with Gasteiger partial charge in [-0.2, -0.15) is 0 Å². The molecule has 1 aliphatic rings. The first kappa shape index (κ1) is 22.5. The predicted molar refractivity (Wildman–Crippen MR) is 125 cm³/mol. The lowest BCUT2D eigenvalue weighted by Crippen LogP contribution is -2.38. The van der Waals surface area contributed by atoms with Crippen molar-refractivity contribution in [2.75, 3.05) is 26.7 Å². The molecule has 0 bridgehead atoms. The first-order valence-electron chi connectivity index (χ1n) is 11.1. The number of nitrogens with one attached hydrogen (secondary N) is 1. The minimum absolute atomic E-state index is 0.0142. The summed E-state index contributed by atoms with van der Waals surface area (Å²) in [6.07, 6.45) is 0.766. The van der Waals surface area contributed by atoms with Crippen LogP contribution in [0.1, 0.15) is 11.1 Å². The standard InChI is InChI=1S/C27H27FN2O3/c1-33-23-6-4-5-20(16-23)17-26(31)30-14-13-29-27(32)22(18-30)15-19-9-11-21(12-10-19)24-7-2-3-8-25(24)28/h2-12,16,22H,13-15,17-18H2,1H3,(H,29,32). The third-order valence-corrected chi connectivity index (χ3v) is 5.96. The van der Waals surface area contributed by atoms with Crippen LogP contribution < -0.4 is 10.1 Å². The molecule has 0 aromatic heterocycles. The zero-order valence-corrected chi connectivity index (χ0v) is 18.6. The molecule has 1 fully saturated rings. The van der Waals surface area contributed by atoms with Crippen molar-refractivity contribution in [3.63, 3.8) is 0 Å². The van der Waals surface area contributed by atoms with Gasteiger partial charge in [-0.1, -0.05) is 54.6 Å². The molecule has 3 aromatic rings. The number of ether oxygens (including phenoxy) is 1. The minimum Gasteiger partial charge on any atom is -0.497 e. The molecule has 1 aliphatic heterocycles. The van der Waals surface area contributed by atoms with Gasteiger partial charge in [0.25, 0.3) is 0 Å². The van der Waals surface area contributed by atoms with E-state index in [4.69, 9.17) is 4.74 Å². The molecule has 0 saturated carbocycles. The van der Waals surface area contributed by atoms with Crippen molar-refractivity contribution in [3.8, 4) is 16.9 Å². The minimum atomic E-state index is -0.346. The van der Waals surface area contributed by atoms with E-state index in [9.17, 15) is 14.0 Å². The molecule has 170 valence electrons. The zero-order valence-electron chi connectivity index (χ0n) is 18.6. The largest absolute Gasteiger partial charge is 0.497 e. The molecule has 2 amide bonds. The summed E-state index contributed by atoms with van der Waals surface area (Å²) in [7, 11) is 1.60. The first-order valence-corrected chi connectivity index (χ1v) is 11.1. The van der Waals surface area contributed by atoms with Crippen molar-refractivity contribution in [2.45, 2.75) is 12.8 Å². The number of methoxy groups -OCH3 is 1. The summed E-state index contributed by atoms with van der Waals surface area (Å²) in [5, 5.41) is 2.92. The molecule has 3 aromatic carbocycles. The fourth-order valence-electron chi connectivity index (χ4n) is 4.15. The number of halogens is 1. The van der Waals surface area contributed by atoms with Crippen molar-refractivity contribution in [1.29, 1.82) is 0 Å². The van der Waals surface area contributed by atoms with Crippen LogP contribution in [0.2, 0.25) is 0 Å². The van der Waals surface area contributed by atoms with E-state index < -0.39 is 0 Å². The van der Waals surface area contributed by atoms with Crippen LogP contribution in [-0.4, -0.2) is 43.5 Å². The molecule has 1 N–H and O–H groups in total. The van der Waals surface area contributed by atoms with Gasteiger partial charge in [0, 0.05) is 25.2 Å². The summed E-state index contributed by atoms with van der Waals surface area (Å²) < 4.78 is 19.3. The molecule has 1 saturated heterocycles. The van der Waals surface area contributed by atoms with Crippen LogP contribution in [0.15, 0.2) is 72.8 Å². The number of hydrogen-bond acceptors (Lipinski definition) is 3. The Balaban J connectivity index is 1.44. The quantitative estimate of drug-likeness (QED) is 0.626. The highest BCUT2D eigenvalue weighted by molar-refractivity contribution is 5.83. The lowest BCUT2D eigenvalue weighted by atomic mass is 9.95. The van der Waals surface area contributed by atoms with Gasteiger partial charge >= 0.3 is 0 Å². The molecule has 0 aliphatic carbocycles. The zero-order chi connectivity index (χ0) is 23.2. The maximum absolute atomic E-state index is 14.1. The Morgan fingerprint density at radius 1 is 1.06 bits per heavy atom. The Kier molecular flexibility index (Phi) is 7.03.